The van der Waals surface area contributed by atoms with Crippen molar-refractivity contribution in [3.8, 4) is 0 Å². The molecule has 6 nitrogen and oxygen atoms in total. The SMILES string of the molecule is CCCCOC(=O)C1CSC(c2ccoc2)N1C(=O)Nc1c(C(C)C)cccc1C(C)C. The van der Waals surface area contributed by atoms with Gasteiger partial charge in [-0.1, -0.05) is 59.2 Å². The molecule has 3 rings (SSSR count). The number of nitrogens with zero attached hydrogens (tertiary/aromatic N) is 1. The van der Waals surface area contributed by atoms with Gasteiger partial charge in [-0.15, -0.1) is 11.8 Å². The highest BCUT2D eigenvalue weighted by Gasteiger charge is 2.44. The maximum atomic E-state index is 13.7. The Morgan fingerprint density at radius 2 is 1.88 bits per heavy atom. The number of para-hydroxylation sites is 1. The molecule has 2 atom stereocenters. The molecule has 0 spiro atoms. The molecule has 1 aromatic carbocycles. The Kier molecular flexibility index (Phi) is 8.29. The third-order valence-corrected chi connectivity index (χ3v) is 7.01. The molecule has 2 aromatic rings. The summed E-state index contributed by atoms with van der Waals surface area (Å²) in [6.07, 6.45) is 4.97. The van der Waals surface area contributed by atoms with Crippen LogP contribution in [0.4, 0.5) is 10.5 Å². The van der Waals surface area contributed by atoms with Crippen LogP contribution in [0.3, 0.4) is 0 Å². The molecule has 1 aromatic heterocycles. The molecular formula is C25H34N2O4S. The molecular weight excluding hydrogens is 424 g/mol. The molecule has 1 fully saturated rings. The lowest BCUT2D eigenvalue weighted by molar-refractivity contribution is -0.148. The number of amides is 2. The lowest BCUT2D eigenvalue weighted by Gasteiger charge is -2.29. The molecule has 32 heavy (non-hydrogen) atoms. The highest BCUT2D eigenvalue weighted by Crippen LogP contribution is 2.43. The number of nitrogens with one attached hydrogen (secondary N) is 1. The molecule has 1 aliphatic heterocycles. The minimum absolute atomic E-state index is 0.247. The second-order valence-corrected chi connectivity index (χ2v) is 9.85. The van der Waals surface area contributed by atoms with E-state index in [4.69, 9.17) is 9.15 Å². The van der Waals surface area contributed by atoms with Crippen molar-refractivity contribution < 1.29 is 18.7 Å². The summed E-state index contributed by atoms with van der Waals surface area (Å²) in [7, 11) is 0. The Labute approximate surface area is 195 Å². The van der Waals surface area contributed by atoms with E-state index in [-0.39, 0.29) is 29.2 Å². The first-order valence-corrected chi connectivity index (χ1v) is 12.4. The molecule has 1 aliphatic rings. The standard InChI is InChI=1S/C25H34N2O4S/c1-6-7-12-31-24(28)21-15-32-23(18-11-13-30-14-18)27(21)25(29)26-22-19(16(2)3)9-8-10-20(22)17(4)5/h8-11,13-14,16-17,21,23H,6-7,12,15H2,1-5H3,(H,26,29). The third kappa shape index (κ3) is 5.31. The quantitative estimate of drug-likeness (QED) is 0.360. The summed E-state index contributed by atoms with van der Waals surface area (Å²) in [4.78, 5) is 28.2. The molecule has 1 saturated heterocycles. The number of furan rings is 1. The van der Waals surface area contributed by atoms with E-state index in [0.717, 1.165) is 35.2 Å². The Hall–Kier alpha value is -2.41. The van der Waals surface area contributed by atoms with Crippen molar-refractivity contribution in [2.24, 2.45) is 0 Å². The zero-order valence-corrected chi connectivity index (χ0v) is 20.4. The van der Waals surface area contributed by atoms with Gasteiger partial charge in [0.25, 0.3) is 0 Å². The van der Waals surface area contributed by atoms with Gasteiger partial charge in [0.1, 0.15) is 11.4 Å². The summed E-state index contributed by atoms with van der Waals surface area (Å²) in [5.74, 6) is 0.623. The van der Waals surface area contributed by atoms with Crippen molar-refractivity contribution in [3.05, 3.63) is 53.5 Å². The number of rotatable bonds is 8. The number of ether oxygens (including phenoxy) is 1. The van der Waals surface area contributed by atoms with Crippen molar-refractivity contribution in [3.63, 3.8) is 0 Å². The summed E-state index contributed by atoms with van der Waals surface area (Å²) >= 11 is 1.55. The molecule has 7 heteroatoms. The number of thioether (sulfide) groups is 1. The number of carbonyl (C=O) groups is 2. The van der Waals surface area contributed by atoms with Crippen LogP contribution in [-0.2, 0) is 9.53 Å². The maximum Gasteiger partial charge on any atom is 0.329 e. The van der Waals surface area contributed by atoms with Crippen molar-refractivity contribution in [2.45, 2.75) is 70.7 Å². The fourth-order valence-corrected chi connectivity index (χ4v) is 5.28. The fourth-order valence-electron chi connectivity index (χ4n) is 3.89. The molecule has 2 heterocycles. The molecule has 1 N–H and O–H groups in total. The first-order valence-electron chi connectivity index (χ1n) is 11.4. The van der Waals surface area contributed by atoms with E-state index in [2.05, 4.69) is 45.1 Å². The van der Waals surface area contributed by atoms with Crippen LogP contribution in [0.2, 0.25) is 0 Å². The third-order valence-electron chi connectivity index (χ3n) is 5.68. The van der Waals surface area contributed by atoms with E-state index in [9.17, 15) is 9.59 Å². The van der Waals surface area contributed by atoms with E-state index in [0.29, 0.717) is 12.4 Å². The van der Waals surface area contributed by atoms with Crippen molar-refractivity contribution >= 4 is 29.4 Å². The van der Waals surface area contributed by atoms with E-state index in [1.165, 1.54) is 0 Å². The van der Waals surface area contributed by atoms with Crippen LogP contribution in [0.5, 0.6) is 0 Å². The molecule has 0 aliphatic carbocycles. The summed E-state index contributed by atoms with van der Waals surface area (Å²) in [6.45, 7) is 10.9. The predicted octanol–water partition coefficient (Wildman–Crippen LogP) is 6.52. The number of urea groups is 1. The number of hydrogen-bond acceptors (Lipinski definition) is 5. The molecule has 0 radical (unpaired) electrons. The number of esters is 1. The number of anilines is 1. The zero-order valence-electron chi connectivity index (χ0n) is 19.6. The van der Waals surface area contributed by atoms with Crippen LogP contribution >= 0.6 is 11.8 Å². The largest absolute Gasteiger partial charge is 0.472 e. The Balaban J connectivity index is 1.92. The van der Waals surface area contributed by atoms with E-state index < -0.39 is 6.04 Å². The minimum atomic E-state index is -0.648. The molecule has 2 unspecified atom stereocenters. The first-order chi connectivity index (χ1) is 15.3. The van der Waals surface area contributed by atoms with Crippen LogP contribution < -0.4 is 5.32 Å². The van der Waals surface area contributed by atoms with E-state index in [1.54, 1.807) is 29.2 Å². The van der Waals surface area contributed by atoms with Gasteiger partial charge in [-0.2, -0.15) is 0 Å². The maximum absolute atomic E-state index is 13.7. The minimum Gasteiger partial charge on any atom is -0.472 e. The van der Waals surface area contributed by atoms with Gasteiger partial charge < -0.3 is 14.5 Å². The molecule has 0 bridgehead atoms. The van der Waals surface area contributed by atoms with Gasteiger partial charge in [0.2, 0.25) is 0 Å². The second kappa shape index (κ2) is 10.9. The van der Waals surface area contributed by atoms with Gasteiger partial charge in [0.05, 0.1) is 19.1 Å². The van der Waals surface area contributed by atoms with E-state index in [1.807, 2.05) is 19.1 Å². The van der Waals surface area contributed by atoms with Gasteiger partial charge in [0.15, 0.2) is 0 Å². The molecule has 174 valence electrons. The van der Waals surface area contributed by atoms with Gasteiger partial charge >= 0.3 is 12.0 Å². The molecule has 2 amide bonds. The van der Waals surface area contributed by atoms with Crippen molar-refractivity contribution in [2.75, 3.05) is 17.7 Å². The number of carbonyl (C=O) groups excluding carboxylic acids is 2. The van der Waals surface area contributed by atoms with Gasteiger partial charge in [-0.05, 0) is 35.4 Å². The Bertz CT molecular complexity index is 884. The summed E-state index contributed by atoms with van der Waals surface area (Å²) in [5.41, 5.74) is 3.86. The molecule has 0 saturated carbocycles. The van der Waals surface area contributed by atoms with Gasteiger partial charge in [0, 0.05) is 17.0 Å². The van der Waals surface area contributed by atoms with Crippen LogP contribution in [0.1, 0.15) is 81.4 Å². The monoisotopic (exact) mass is 458 g/mol. The average Bonchev–Trinajstić information content (AvgIpc) is 3.43. The fraction of sp³-hybridized carbons (Fsp3) is 0.520. The van der Waals surface area contributed by atoms with Crippen LogP contribution in [0.15, 0.2) is 41.2 Å². The summed E-state index contributed by atoms with van der Waals surface area (Å²) in [5, 5.41) is 2.85. The lowest BCUT2D eigenvalue weighted by Crippen LogP contribution is -2.46. The van der Waals surface area contributed by atoms with E-state index >= 15 is 0 Å². The zero-order chi connectivity index (χ0) is 23.3. The summed E-state index contributed by atoms with van der Waals surface area (Å²) < 4.78 is 10.8. The van der Waals surface area contributed by atoms with Crippen molar-refractivity contribution in [1.82, 2.24) is 4.90 Å². The number of hydrogen-bond donors (Lipinski definition) is 1. The number of unbranched alkanes of at least 4 members (excludes halogenated alkanes) is 1. The second-order valence-electron chi connectivity index (χ2n) is 8.74. The average molecular weight is 459 g/mol. The highest BCUT2D eigenvalue weighted by atomic mass is 32.2. The van der Waals surface area contributed by atoms with Crippen LogP contribution in [0, 0.1) is 0 Å². The number of benzene rings is 1. The lowest BCUT2D eigenvalue weighted by atomic mass is 9.92. The van der Waals surface area contributed by atoms with Crippen LogP contribution in [0.25, 0.3) is 0 Å². The van der Waals surface area contributed by atoms with Gasteiger partial charge in [-0.3, -0.25) is 4.90 Å². The smallest absolute Gasteiger partial charge is 0.329 e. The highest BCUT2D eigenvalue weighted by molar-refractivity contribution is 7.99. The normalized spacial score (nSPS) is 18.4. The van der Waals surface area contributed by atoms with Crippen LogP contribution in [-0.4, -0.2) is 35.3 Å². The van der Waals surface area contributed by atoms with Crippen molar-refractivity contribution in [1.29, 1.82) is 0 Å². The van der Waals surface area contributed by atoms with Gasteiger partial charge in [-0.25, -0.2) is 9.59 Å². The topological polar surface area (TPSA) is 71.8 Å². The first kappa shape index (κ1) is 24.2. The Morgan fingerprint density at radius 1 is 1.19 bits per heavy atom. The summed E-state index contributed by atoms with van der Waals surface area (Å²) in [6, 6.07) is 7.03. The predicted molar refractivity (Wildman–Crippen MR) is 129 cm³/mol. The Morgan fingerprint density at radius 3 is 2.44 bits per heavy atom.